The highest BCUT2D eigenvalue weighted by molar-refractivity contribution is 7.27. The average Bonchev–Trinajstić information content (AvgIpc) is 2.97. The molecular formula is C17H16ClFNP. The van der Waals surface area contributed by atoms with E-state index in [4.69, 9.17) is 16.6 Å². The molecular weight excluding hydrogens is 304 g/mol. The van der Waals surface area contributed by atoms with Crippen molar-refractivity contribution in [1.82, 2.24) is 0 Å². The van der Waals surface area contributed by atoms with Gasteiger partial charge in [0.05, 0.1) is 6.04 Å². The van der Waals surface area contributed by atoms with Gasteiger partial charge in [-0.3, -0.25) is 4.99 Å². The second-order valence-electron chi connectivity index (χ2n) is 5.21. The van der Waals surface area contributed by atoms with Crippen LogP contribution in [0.25, 0.3) is 0 Å². The molecule has 0 spiro atoms. The number of nitrogens with zero attached hydrogens (tertiary/aromatic N) is 1. The molecule has 3 rings (SSSR count). The van der Waals surface area contributed by atoms with Crippen LogP contribution in [0.15, 0.2) is 47.5 Å². The Balaban J connectivity index is 1.90. The SMILES string of the molecule is Fc1cccc(P)c1C1=NC(c2ccc(CCl)cc2)CC1. The van der Waals surface area contributed by atoms with Gasteiger partial charge in [-0.25, -0.2) is 4.39 Å². The van der Waals surface area contributed by atoms with Gasteiger partial charge >= 0.3 is 0 Å². The second kappa shape index (κ2) is 6.25. The van der Waals surface area contributed by atoms with Crippen LogP contribution in [-0.2, 0) is 5.88 Å². The van der Waals surface area contributed by atoms with Crippen LogP contribution < -0.4 is 5.30 Å². The zero-order chi connectivity index (χ0) is 14.8. The summed E-state index contributed by atoms with van der Waals surface area (Å²) in [6, 6.07) is 13.4. The summed E-state index contributed by atoms with van der Waals surface area (Å²) in [5, 5.41) is 0.867. The van der Waals surface area contributed by atoms with Gasteiger partial charge in [0.25, 0.3) is 0 Å². The molecule has 0 aliphatic carbocycles. The first-order valence-corrected chi connectivity index (χ1v) is 8.06. The summed E-state index contributed by atoms with van der Waals surface area (Å²) in [4.78, 5) is 4.74. The molecule has 0 aromatic heterocycles. The van der Waals surface area contributed by atoms with Crippen molar-refractivity contribution in [3.05, 3.63) is 65.0 Å². The summed E-state index contributed by atoms with van der Waals surface area (Å²) in [5.74, 6) is 0.324. The van der Waals surface area contributed by atoms with Gasteiger partial charge in [0.15, 0.2) is 0 Å². The molecule has 0 bridgehead atoms. The number of alkyl halides is 1. The molecule has 2 aromatic carbocycles. The lowest BCUT2D eigenvalue weighted by atomic mass is 10.0. The number of halogens is 2. The van der Waals surface area contributed by atoms with Crippen LogP contribution in [-0.4, -0.2) is 5.71 Å². The number of aliphatic imine (C=N–C) groups is 1. The minimum Gasteiger partial charge on any atom is -0.281 e. The molecule has 0 radical (unpaired) electrons. The Kier molecular flexibility index (Phi) is 4.37. The molecule has 1 aliphatic heterocycles. The molecule has 108 valence electrons. The van der Waals surface area contributed by atoms with E-state index in [1.807, 2.05) is 18.2 Å². The zero-order valence-electron chi connectivity index (χ0n) is 11.5. The van der Waals surface area contributed by atoms with E-state index in [0.29, 0.717) is 11.4 Å². The smallest absolute Gasteiger partial charge is 0.132 e. The van der Waals surface area contributed by atoms with E-state index in [0.717, 1.165) is 29.4 Å². The number of rotatable bonds is 3. The van der Waals surface area contributed by atoms with E-state index >= 15 is 0 Å². The van der Waals surface area contributed by atoms with Crippen molar-refractivity contribution in [2.24, 2.45) is 4.99 Å². The normalized spacial score (nSPS) is 17.9. The van der Waals surface area contributed by atoms with Gasteiger partial charge in [-0.2, -0.15) is 0 Å². The van der Waals surface area contributed by atoms with Gasteiger partial charge < -0.3 is 0 Å². The molecule has 0 fully saturated rings. The first-order valence-electron chi connectivity index (χ1n) is 6.95. The summed E-state index contributed by atoms with van der Waals surface area (Å²) >= 11 is 5.81. The molecule has 0 saturated heterocycles. The predicted molar refractivity (Wildman–Crippen MR) is 90.3 cm³/mol. The van der Waals surface area contributed by atoms with E-state index in [9.17, 15) is 4.39 Å². The number of hydrogen-bond acceptors (Lipinski definition) is 1. The molecule has 0 amide bonds. The van der Waals surface area contributed by atoms with Gasteiger partial charge in [0.2, 0.25) is 0 Å². The summed E-state index contributed by atoms with van der Waals surface area (Å²) in [6.07, 6.45) is 1.73. The van der Waals surface area contributed by atoms with E-state index in [1.165, 1.54) is 11.6 Å². The summed E-state index contributed by atoms with van der Waals surface area (Å²) in [5.41, 5.74) is 3.77. The maximum absolute atomic E-state index is 14.0. The average molecular weight is 320 g/mol. The van der Waals surface area contributed by atoms with Crippen LogP contribution in [0.3, 0.4) is 0 Å². The first-order chi connectivity index (χ1) is 10.2. The molecule has 1 nitrogen and oxygen atoms in total. The second-order valence-corrected chi connectivity index (χ2v) is 6.10. The Hall–Kier alpha value is -1.24. The van der Waals surface area contributed by atoms with Gasteiger partial charge in [-0.05, 0) is 35.3 Å². The largest absolute Gasteiger partial charge is 0.281 e. The van der Waals surface area contributed by atoms with Crippen LogP contribution >= 0.6 is 20.8 Å². The Bertz CT molecular complexity index is 661. The Labute approximate surface area is 131 Å². The van der Waals surface area contributed by atoms with Crippen molar-refractivity contribution in [3.63, 3.8) is 0 Å². The highest BCUT2D eigenvalue weighted by Gasteiger charge is 2.23. The molecule has 1 heterocycles. The minimum atomic E-state index is -0.195. The third-order valence-electron chi connectivity index (χ3n) is 3.82. The van der Waals surface area contributed by atoms with Crippen molar-refractivity contribution in [2.45, 2.75) is 24.8 Å². The first kappa shape index (κ1) is 14.7. The van der Waals surface area contributed by atoms with Crippen molar-refractivity contribution in [1.29, 1.82) is 0 Å². The van der Waals surface area contributed by atoms with Crippen LogP contribution in [0.1, 0.15) is 35.6 Å². The van der Waals surface area contributed by atoms with Crippen molar-refractivity contribution in [2.75, 3.05) is 0 Å². The quantitative estimate of drug-likeness (QED) is 0.588. The van der Waals surface area contributed by atoms with E-state index < -0.39 is 0 Å². The fourth-order valence-electron chi connectivity index (χ4n) is 2.70. The van der Waals surface area contributed by atoms with Crippen LogP contribution in [0.5, 0.6) is 0 Å². The predicted octanol–water partition coefficient (Wildman–Crippen LogP) is 4.39. The summed E-state index contributed by atoms with van der Waals surface area (Å²) in [6.45, 7) is 0. The van der Waals surface area contributed by atoms with Crippen LogP contribution in [0, 0.1) is 5.82 Å². The van der Waals surface area contributed by atoms with Crippen molar-refractivity contribution in [3.8, 4) is 0 Å². The molecule has 1 aliphatic rings. The highest BCUT2D eigenvalue weighted by Crippen LogP contribution is 2.31. The monoisotopic (exact) mass is 319 g/mol. The van der Waals surface area contributed by atoms with E-state index in [1.54, 1.807) is 6.07 Å². The fraction of sp³-hybridized carbons (Fsp3) is 0.235. The lowest BCUT2D eigenvalue weighted by molar-refractivity contribution is 0.626. The minimum absolute atomic E-state index is 0.119. The maximum Gasteiger partial charge on any atom is 0.132 e. The van der Waals surface area contributed by atoms with Crippen LogP contribution in [0.2, 0.25) is 0 Å². The van der Waals surface area contributed by atoms with E-state index in [2.05, 4.69) is 21.4 Å². The van der Waals surface area contributed by atoms with Gasteiger partial charge in [-0.15, -0.1) is 20.8 Å². The standard InChI is InChI=1S/C17H16ClFNP/c18-10-11-4-6-12(7-5-11)14-8-9-15(20-14)17-13(19)2-1-3-16(17)21/h1-7,14H,8-10,21H2. The summed E-state index contributed by atoms with van der Waals surface area (Å²) < 4.78 is 14.0. The van der Waals surface area contributed by atoms with Gasteiger partial charge in [0, 0.05) is 17.2 Å². The van der Waals surface area contributed by atoms with E-state index in [-0.39, 0.29) is 11.9 Å². The molecule has 21 heavy (non-hydrogen) atoms. The van der Waals surface area contributed by atoms with Crippen LogP contribution in [0.4, 0.5) is 4.39 Å². The zero-order valence-corrected chi connectivity index (χ0v) is 13.4. The molecule has 2 atom stereocenters. The molecule has 0 N–H and O–H groups in total. The molecule has 2 unspecified atom stereocenters. The molecule has 4 heteroatoms. The lowest BCUT2D eigenvalue weighted by Gasteiger charge is -2.08. The molecule has 0 saturated carbocycles. The number of benzene rings is 2. The third-order valence-corrected chi connectivity index (χ3v) is 4.61. The Morgan fingerprint density at radius 3 is 2.62 bits per heavy atom. The third kappa shape index (κ3) is 3.02. The van der Waals surface area contributed by atoms with Crippen molar-refractivity contribution < 1.29 is 4.39 Å². The summed E-state index contributed by atoms with van der Waals surface area (Å²) in [7, 11) is 2.59. The number of hydrogen-bond donors (Lipinski definition) is 0. The topological polar surface area (TPSA) is 12.4 Å². The van der Waals surface area contributed by atoms with Crippen molar-refractivity contribution >= 4 is 31.9 Å². The van der Waals surface area contributed by atoms with Gasteiger partial charge in [0.1, 0.15) is 5.82 Å². The Morgan fingerprint density at radius 2 is 1.95 bits per heavy atom. The maximum atomic E-state index is 14.0. The molecule has 2 aromatic rings. The fourth-order valence-corrected chi connectivity index (χ4v) is 3.29. The van der Waals surface area contributed by atoms with Gasteiger partial charge in [-0.1, -0.05) is 36.4 Å². The Morgan fingerprint density at radius 1 is 1.19 bits per heavy atom. The highest BCUT2D eigenvalue weighted by atomic mass is 35.5. The lowest BCUT2D eigenvalue weighted by Crippen LogP contribution is -2.11.